The van der Waals surface area contributed by atoms with E-state index < -0.39 is 5.60 Å². The van der Waals surface area contributed by atoms with Gasteiger partial charge in [0.05, 0.1) is 0 Å². The van der Waals surface area contributed by atoms with Crippen LogP contribution in [0.5, 0.6) is 0 Å². The zero-order valence-corrected chi connectivity index (χ0v) is 17.8. The molecule has 2 aliphatic carbocycles. The summed E-state index contributed by atoms with van der Waals surface area (Å²) in [6.07, 6.45) is 8.93. The Morgan fingerprint density at radius 1 is 1.30 bits per heavy atom. The van der Waals surface area contributed by atoms with Crippen molar-refractivity contribution in [2.75, 3.05) is 0 Å². The Bertz CT molecular complexity index is 603. The van der Waals surface area contributed by atoms with Gasteiger partial charge >= 0.3 is 5.97 Å². The summed E-state index contributed by atoms with van der Waals surface area (Å²) in [6.45, 7) is 12.9. The molecule has 0 aromatic heterocycles. The van der Waals surface area contributed by atoms with Crippen LogP contribution in [0.2, 0.25) is 0 Å². The van der Waals surface area contributed by atoms with Crippen molar-refractivity contribution in [2.45, 2.75) is 85.4 Å². The van der Waals surface area contributed by atoms with Gasteiger partial charge in [0.25, 0.3) is 6.47 Å². The molecule has 0 aromatic carbocycles. The Morgan fingerprint density at radius 3 is 2.59 bits per heavy atom. The van der Waals surface area contributed by atoms with Crippen LogP contribution in [0.15, 0.2) is 23.3 Å². The minimum atomic E-state index is -0.439. The van der Waals surface area contributed by atoms with E-state index in [4.69, 9.17) is 9.47 Å². The van der Waals surface area contributed by atoms with E-state index in [0.717, 1.165) is 37.7 Å². The van der Waals surface area contributed by atoms with Crippen LogP contribution in [0, 0.1) is 23.7 Å². The average molecular weight is 377 g/mol. The molecule has 1 fully saturated rings. The van der Waals surface area contributed by atoms with Crippen LogP contribution in [-0.4, -0.2) is 24.1 Å². The quantitative estimate of drug-likeness (QED) is 0.383. The summed E-state index contributed by atoms with van der Waals surface area (Å²) < 4.78 is 11.3. The third kappa shape index (κ3) is 5.24. The summed E-state index contributed by atoms with van der Waals surface area (Å²) in [7, 11) is 0. The number of carbonyl (C=O) groups is 2. The highest BCUT2D eigenvalue weighted by atomic mass is 16.5. The highest BCUT2D eigenvalue weighted by molar-refractivity contribution is 5.66. The van der Waals surface area contributed by atoms with E-state index in [1.54, 1.807) is 0 Å². The normalized spacial score (nSPS) is 38.6. The number of esters is 1. The molecule has 0 saturated heterocycles. The molecule has 152 valence electrons. The first kappa shape index (κ1) is 21.7. The molecule has 0 spiro atoms. The van der Waals surface area contributed by atoms with Gasteiger partial charge in [-0.05, 0) is 69.8 Å². The van der Waals surface area contributed by atoms with Gasteiger partial charge in [-0.3, -0.25) is 9.59 Å². The number of hydrogen-bond acceptors (Lipinski definition) is 4. The summed E-state index contributed by atoms with van der Waals surface area (Å²) in [6, 6.07) is 0. The first-order valence-corrected chi connectivity index (χ1v) is 10.3. The second-order valence-corrected chi connectivity index (χ2v) is 8.99. The molecule has 0 radical (unpaired) electrons. The standard InChI is InChI=1S/C23H36O4/c1-15(2)19-11-12-23(6,26-14-24)21-9-7-16(3)8-10-22(27-18(5)25)17(4)13-20(19)21/h8,13-15,19-22H,7,9-12H2,1-6H3/b16-8+,17-13-/t19-,20+,21+,22-,23+/m0/s1. The molecule has 0 amide bonds. The Kier molecular flexibility index (Phi) is 7.30. The molecule has 5 atom stereocenters. The molecular formula is C23H36O4. The number of carbonyl (C=O) groups excluding carboxylic acids is 2. The average Bonchev–Trinajstić information content (AvgIpc) is 2.57. The van der Waals surface area contributed by atoms with E-state index in [-0.39, 0.29) is 18.0 Å². The molecule has 4 nitrogen and oxygen atoms in total. The SMILES string of the molecule is CC(=O)O[C@H]1C/C=C(\C)CC[C@@H]2[C@H](/C=C\1C)[C@H](C(C)C)CC[C@@]2(C)OC=O. The van der Waals surface area contributed by atoms with Crippen molar-refractivity contribution in [3.8, 4) is 0 Å². The highest BCUT2D eigenvalue weighted by Crippen LogP contribution is 2.49. The third-order valence-corrected chi connectivity index (χ3v) is 6.69. The number of fused-ring (bicyclic) bond motifs is 1. The maximum atomic E-state index is 11.6. The van der Waals surface area contributed by atoms with Gasteiger partial charge in [0.2, 0.25) is 0 Å². The van der Waals surface area contributed by atoms with Gasteiger partial charge in [-0.15, -0.1) is 0 Å². The zero-order chi connectivity index (χ0) is 20.2. The van der Waals surface area contributed by atoms with Crippen LogP contribution in [0.1, 0.15) is 73.6 Å². The monoisotopic (exact) mass is 376 g/mol. The molecule has 2 rings (SSSR count). The Labute approximate surface area is 164 Å². The number of allylic oxidation sites excluding steroid dienone is 2. The first-order valence-electron chi connectivity index (χ1n) is 10.3. The summed E-state index contributed by atoms with van der Waals surface area (Å²) in [5.41, 5.74) is 1.97. The van der Waals surface area contributed by atoms with Crippen molar-refractivity contribution in [1.29, 1.82) is 0 Å². The minimum Gasteiger partial charge on any atom is -0.461 e. The van der Waals surface area contributed by atoms with Crippen LogP contribution in [-0.2, 0) is 19.1 Å². The first-order chi connectivity index (χ1) is 12.7. The molecular weight excluding hydrogens is 340 g/mol. The van der Waals surface area contributed by atoms with Gasteiger partial charge in [-0.2, -0.15) is 0 Å². The molecule has 1 saturated carbocycles. The van der Waals surface area contributed by atoms with Crippen LogP contribution < -0.4 is 0 Å². The second-order valence-electron chi connectivity index (χ2n) is 8.99. The molecule has 0 aromatic rings. The van der Waals surface area contributed by atoms with Crippen molar-refractivity contribution >= 4 is 12.4 Å². The van der Waals surface area contributed by atoms with Gasteiger partial charge in [0.15, 0.2) is 0 Å². The van der Waals surface area contributed by atoms with Crippen molar-refractivity contribution in [2.24, 2.45) is 23.7 Å². The van der Waals surface area contributed by atoms with E-state index in [1.807, 2.05) is 0 Å². The van der Waals surface area contributed by atoms with Gasteiger partial charge in [-0.1, -0.05) is 31.6 Å². The molecule has 0 aliphatic heterocycles. The van der Waals surface area contributed by atoms with Gasteiger partial charge in [-0.25, -0.2) is 0 Å². The van der Waals surface area contributed by atoms with Crippen molar-refractivity contribution in [3.05, 3.63) is 23.3 Å². The van der Waals surface area contributed by atoms with Crippen molar-refractivity contribution in [1.82, 2.24) is 0 Å². The molecule has 0 heterocycles. The summed E-state index contributed by atoms with van der Waals surface area (Å²) in [5.74, 6) is 1.42. The molecule has 2 aliphatic rings. The maximum absolute atomic E-state index is 11.6. The summed E-state index contributed by atoms with van der Waals surface area (Å²) in [4.78, 5) is 22.8. The minimum absolute atomic E-state index is 0.218. The lowest BCUT2D eigenvalue weighted by atomic mass is 9.60. The van der Waals surface area contributed by atoms with E-state index in [2.05, 4.69) is 46.8 Å². The number of hydrogen-bond donors (Lipinski definition) is 0. The molecule has 4 heteroatoms. The van der Waals surface area contributed by atoms with E-state index in [0.29, 0.717) is 24.2 Å². The number of rotatable bonds is 4. The van der Waals surface area contributed by atoms with Crippen LogP contribution >= 0.6 is 0 Å². The van der Waals surface area contributed by atoms with Gasteiger partial charge in [0.1, 0.15) is 11.7 Å². The topological polar surface area (TPSA) is 52.6 Å². The number of ether oxygens (including phenoxy) is 2. The van der Waals surface area contributed by atoms with Crippen LogP contribution in [0.25, 0.3) is 0 Å². The Hall–Kier alpha value is -1.58. The lowest BCUT2D eigenvalue weighted by Gasteiger charge is -2.49. The lowest BCUT2D eigenvalue weighted by molar-refractivity contribution is -0.159. The van der Waals surface area contributed by atoms with Gasteiger partial charge < -0.3 is 9.47 Å². The fourth-order valence-corrected chi connectivity index (χ4v) is 5.04. The highest BCUT2D eigenvalue weighted by Gasteiger charge is 2.47. The fraction of sp³-hybridized carbons (Fsp3) is 0.739. The van der Waals surface area contributed by atoms with Crippen LogP contribution in [0.4, 0.5) is 0 Å². The van der Waals surface area contributed by atoms with E-state index in [1.165, 1.54) is 12.5 Å². The lowest BCUT2D eigenvalue weighted by Crippen LogP contribution is -2.49. The van der Waals surface area contributed by atoms with Crippen LogP contribution in [0.3, 0.4) is 0 Å². The van der Waals surface area contributed by atoms with E-state index >= 15 is 0 Å². The Morgan fingerprint density at radius 2 is 2.00 bits per heavy atom. The fourth-order valence-electron chi connectivity index (χ4n) is 5.04. The summed E-state index contributed by atoms with van der Waals surface area (Å²) in [5, 5.41) is 0. The maximum Gasteiger partial charge on any atom is 0.303 e. The molecule has 0 N–H and O–H groups in total. The smallest absolute Gasteiger partial charge is 0.303 e. The largest absolute Gasteiger partial charge is 0.461 e. The van der Waals surface area contributed by atoms with Crippen molar-refractivity contribution in [3.63, 3.8) is 0 Å². The zero-order valence-electron chi connectivity index (χ0n) is 17.8. The predicted molar refractivity (Wildman–Crippen MR) is 107 cm³/mol. The van der Waals surface area contributed by atoms with Gasteiger partial charge in [0, 0.05) is 19.3 Å². The summed E-state index contributed by atoms with van der Waals surface area (Å²) >= 11 is 0. The molecule has 0 bridgehead atoms. The second kappa shape index (κ2) is 9.07. The third-order valence-electron chi connectivity index (χ3n) is 6.69. The molecule has 0 unspecified atom stereocenters. The predicted octanol–water partition coefficient (Wildman–Crippen LogP) is 5.22. The van der Waals surface area contributed by atoms with Crippen molar-refractivity contribution < 1.29 is 19.1 Å². The van der Waals surface area contributed by atoms with E-state index in [9.17, 15) is 9.59 Å². The molecule has 27 heavy (non-hydrogen) atoms. The Balaban J connectivity index is 2.49.